The van der Waals surface area contributed by atoms with Crippen LogP contribution in [0.2, 0.25) is 0 Å². The van der Waals surface area contributed by atoms with Crippen LogP contribution in [0, 0.1) is 0 Å². The summed E-state index contributed by atoms with van der Waals surface area (Å²) in [5.41, 5.74) is 1.06. The summed E-state index contributed by atoms with van der Waals surface area (Å²) in [5.74, 6) is 2.41. The second-order valence-electron chi connectivity index (χ2n) is 6.89. The molecule has 0 radical (unpaired) electrons. The van der Waals surface area contributed by atoms with Gasteiger partial charge in [0.1, 0.15) is 17.9 Å². The molecule has 1 amide bonds. The molecule has 0 spiro atoms. The van der Waals surface area contributed by atoms with Crippen LogP contribution < -0.4 is 15.4 Å². The zero-order chi connectivity index (χ0) is 19.9. The molecule has 1 aromatic carbocycles. The van der Waals surface area contributed by atoms with Gasteiger partial charge in [-0.1, -0.05) is 12.1 Å². The number of aryl methyl sites for hydroxylation is 1. The first-order valence-corrected chi connectivity index (χ1v) is 9.29. The van der Waals surface area contributed by atoms with E-state index in [4.69, 9.17) is 4.74 Å². The quantitative estimate of drug-likeness (QED) is 0.341. The van der Waals surface area contributed by atoms with Crippen molar-refractivity contribution in [1.29, 1.82) is 0 Å². The van der Waals surface area contributed by atoms with Crippen molar-refractivity contribution in [2.24, 2.45) is 4.99 Å². The minimum atomic E-state index is -0.0128. The second-order valence-corrected chi connectivity index (χ2v) is 6.89. The highest BCUT2D eigenvalue weighted by Gasteiger charge is 2.21. The van der Waals surface area contributed by atoms with Crippen LogP contribution in [0.15, 0.2) is 35.6 Å². The van der Waals surface area contributed by atoms with Crippen LogP contribution in [0.3, 0.4) is 0 Å². The summed E-state index contributed by atoms with van der Waals surface area (Å²) in [4.78, 5) is 22.4. The van der Waals surface area contributed by atoms with Crippen molar-refractivity contribution < 1.29 is 9.53 Å². The molecule has 0 saturated carbocycles. The van der Waals surface area contributed by atoms with E-state index in [0.717, 1.165) is 36.5 Å². The highest BCUT2D eigenvalue weighted by Crippen LogP contribution is 2.13. The van der Waals surface area contributed by atoms with Crippen molar-refractivity contribution in [2.45, 2.75) is 32.0 Å². The predicted molar refractivity (Wildman–Crippen MR) is 122 cm³/mol. The van der Waals surface area contributed by atoms with Crippen molar-refractivity contribution >= 4 is 35.8 Å². The summed E-state index contributed by atoms with van der Waals surface area (Å²) in [5, 5.41) is 10.8. The number of rotatable bonds is 6. The number of aromatic nitrogens is 3. The fourth-order valence-corrected chi connectivity index (χ4v) is 2.92. The average Bonchev–Trinajstić information content (AvgIpc) is 3.17. The number of methoxy groups -OCH3 is 1. The molecule has 158 valence electrons. The van der Waals surface area contributed by atoms with E-state index < -0.39 is 0 Å². The van der Waals surface area contributed by atoms with Crippen LogP contribution in [0.4, 0.5) is 0 Å². The summed E-state index contributed by atoms with van der Waals surface area (Å²) in [6.45, 7) is 1.40. The Morgan fingerprint density at radius 3 is 2.79 bits per heavy atom. The van der Waals surface area contributed by atoms with Crippen molar-refractivity contribution in [3.05, 3.63) is 42.0 Å². The number of hydrogen-bond donors (Lipinski definition) is 2. The van der Waals surface area contributed by atoms with E-state index in [-0.39, 0.29) is 42.5 Å². The maximum Gasteiger partial charge on any atom is 0.241 e. The molecular formula is C19H28IN7O2. The lowest BCUT2D eigenvalue weighted by atomic mass is 10.1. The second kappa shape index (κ2) is 11.0. The van der Waals surface area contributed by atoms with E-state index in [0.29, 0.717) is 12.5 Å². The molecule has 0 fully saturated rings. The normalized spacial score (nSPS) is 15.7. The van der Waals surface area contributed by atoms with E-state index in [1.54, 1.807) is 32.4 Å². The number of carbonyl (C=O) groups excluding carboxylic acids is 1. The summed E-state index contributed by atoms with van der Waals surface area (Å²) in [6.07, 6.45) is 3.38. The Morgan fingerprint density at radius 1 is 1.34 bits per heavy atom. The molecule has 2 heterocycles. The van der Waals surface area contributed by atoms with Crippen molar-refractivity contribution in [1.82, 2.24) is 30.3 Å². The highest BCUT2D eigenvalue weighted by molar-refractivity contribution is 14.0. The number of nitrogens with one attached hydrogen (secondary N) is 2. The molecule has 1 aromatic heterocycles. The van der Waals surface area contributed by atoms with Crippen LogP contribution in [-0.4, -0.2) is 65.3 Å². The van der Waals surface area contributed by atoms with Crippen LogP contribution in [0.5, 0.6) is 5.75 Å². The molecule has 0 aliphatic carbocycles. The lowest BCUT2D eigenvalue weighted by Gasteiger charge is -2.25. The number of ether oxygens (including phenoxy) is 1. The number of likely N-dealkylation sites (N-methyl/N-ethyl adjacent to an activating group) is 1. The molecule has 0 saturated heterocycles. The number of fused-ring (bicyclic) bond motifs is 1. The largest absolute Gasteiger partial charge is 0.497 e. The Kier molecular flexibility index (Phi) is 8.68. The van der Waals surface area contributed by atoms with Crippen molar-refractivity contribution in [3.8, 4) is 5.75 Å². The van der Waals surface area contributed by atoms with Gasteiger partial charge in [0, 0.05) is 26.6 Å². The number of aliphatic imine (C=N–C) groups is 1. The maximum atomic E-state index is 12.0. The number of amides is 1. The lowest BCUT2D eigenvalue weighted by molar-refractivity contribution is -0.127. The number of halogens is 1. The zero-order valence-corrected chi connectivity index (χ0v) is 19.3. The summed E-state index contributed by atoms with van der Waals surface area (Å²) in [6, 6.07) is 7.95. The monoisotopic (exact) mass is 513 g/mol. The van der Waals surface area contributed by atoms with Crippen molar-refractivity contribution in [3.63, 3.8) is 0 Å². The number of hydrogen-bond acceptors (Lipinski definition) is 5. The molecule has 3 rings (SSSR count). The Morgan fingerprint density at radius 2 is 2.10 bits per heavy atom. The van der Waals surface area contributed by atoms with Crippen LogP contribution in [0.1, 0.15) is 17.8 Å². The standard InChI is InChI=1S/C19H27N7O2.HI/c1-25(2)18(27)11-21-19(20-10-14-4-7-16(28-3)8-5-14)24-15-6-9-17-22-13-23-26(17)12-15;/h4-5,7-8,13,15H,6,9-12H2,1-3H3,(H2,20,21,24);1H. The SMILES string of the molecule is COc1ccc(CN=C(NCC(=O)N(C)C)NC2CCc3ncnn3C2)cc1.I. The summed E-state index contributed by atoms with van der Waals surface area (Å²) >= 11 is 0. The van der Waals surface area contributed by atoms with E-state index in [1.807, 2.05) is 28.9 Å². The van der Waals surface area contributed by atoms with Crippen LogP contribution in [0.25, 0.3) is 0 Å². The van der Waals surface area contributed by atoms with Gasteiger partial charge >= 0.3 is 0 Å². The van der Waals surface area contributed by atoms with Gasteiger partial charge in [0.05, 0.1) is 26.7 Å². The fourth-order valence-electron chi connectivity index (χ4n) is 2.92. The highest BCUT2D eigenvalue weighted by atomic mass is 127. The Labute approximate surface area is 187 Å². The maximum absolute atomic E-state index is 12.0. The van der Waals surface area contributed by atoms with Gasteiger partial charge in [-0.15, -0.1) is 24.0 Å². The molecule has 0 bridgehead atoms. The average molecular weight is 513 g/mol. The number of guanidine groups is 1. The van der Waals surface area contributed by atoms with E-state index >= 15 is 0 Å². The van der Waals surface area contributed by atoms with Gasteiger partial charge in [0.2, 0.25) is 5.91 Å². The van der Waals surface area contributed by atoms with E-state index in [2.05, 4.69) is 25.7 Å². The van der Waals surface area contributed by atoms with Crippen molar-refractivity contribution in [2.75, 3.05) is 27.7 Å². The molecule has 1 unspecified atom stereocenters. The van der Waals surface area contributed by atoms with Gasteiger partial charge in [-0.3, -0.25) is 4.79 Å². The minimum absolute atomic E-state index is 0. The molecule has 1 atom stereocenters. The topological polar surface area (TPSA) is 96.7 Å². The molecule has 9 nitrogen and oxygen atoms in total. The van der Waals surface area contributed by atoms with Gasteiger partial charge in [-0.25, -0.2) is 14.7 Å². The molecule has 29 heavy (non-hydrogen) atoms. The third-order valence-electron chi connectivity index (χ3n) is 4.63. The zero-order valence-electron chi connectivity index (χ0n) is 17.0. The van der Waals surface area contributed by atoms with E-state index in [1.165, 1.54) is 0 Å². The van der Waals surface area contributed by atoms with Crippen LogP contribution in [-0.2, 0) is 24.3 Å². The third kappa shape index (κ3) is 6.58. The molecule has 2 aromatic rings. The number of nitrogens with zero attached hydrogens (tertiary/aromatic N) is 5. The summed E-state index contributed by atoms with van der Waals surface area (Å²) in [7, 11) is 5.11. The first-order valence-electron chi connectivity index (χ1n) is 9.29. The van der Waals surface area contributed by atoms with Gasteiger partial charge in [0.25, 0.3) is 0 Å². The minimum Gasteiger partial charge on any atom is -0.497 e. The molecule has 1 aliphatic rings. The molecule has 10 heteroatoms. The van der Waals surface area contributed by atoms with Gasteiger partial charge in [0.15, 0.2) is 5.96 Å². The van der Waals surface area contributed by atoms with Gasteiger partial charge in [-0.2, -0.15) is 5.10 Å². The number of benzene rings is 1. The third-order valence-corrected chi connectivity index (χ3v) is 4.63. The van der Waals surface area contributed by atoms with Crippen LogP contribution >= 0.6 is 24.0 Å². The Balaban J connectivity index is 0.00000300. The Bertz CT molecular complexity index is 820. The molecular weight excluding hydrogens is 485 g/mol. The van der Waals surface area contributed by atoms with Gasteiger partial charge in [-0.05, 0) is 24.1 Å². The smallest absolute Gasteiger partial charge is 0.241 e. The predicted octanol–water partition coefficient (Wildman–Crippen LogP) is 1.04. The fraction of sp³-hybridized carbons (Fsp3) is 0.474. The first-order chi connectivity index (χ1) is 13.5. The number of carbonyl (C=O) groups is 1. The molecule has 2 N–H and O–H groups in total. The lowest BCUT2D eigenvalue weighted by Crippen LogP contribution is -2.49. The molecule has 1 aliphatic heterocycles. The summed E-state index contributed by atoms with van der Waals surface area (Å²) < 4.78 is 7.10. The Hall–Kier alpha value is -2.37. The van der Waals surface area contributed by atoms with Gasteiger partial charge < -0.3 is 20.3 Å². The first kappa shape index (κ1) is 22.9. The van der Waals surface area contributed by atoms with E-state index in [9.17, 15) is 4.79 Å².